The minimum Gasteiger partial charge on any atom is -0.540 e. The van der Waals surface area contributed by atoms with Crippen molar-refractivity contribution in [3.63, 3.8) is 0 Å². The number of para-hydroxylation sites is 1. The van der Waals surface area contributed by atoms with E-state index in [1.54, 1.807) is 0 Å². The maximum Gasteiger partial charge on any atom is 1.00 e. The molecule has 18 heavy (non-hydrogen) atoms. The van der Waals surface area contributed by atoms with Crippen LogP contribution < -0.4 is 23.3 Å². The molecule has 0 aromatic heterocycles. The first-order valence-corrected chi connectivity index (χ1v) is 6.66. The molecule has 3 heteroatoms. The van der Waals surface area contributed by atoms with Crippen LogP contribution in [-0.4, -0.2) is 9.76 Å². The fraction of sp³-hybridized carbons (Fsp3) is 0.0667. The Morgan fingerprint density at radius 1 is 0.889 bits per heavy atom. The first-order valence-electron chi connectivity index (χ1n) is 5.68. The van der Waals surface area contributed by atoms with Gasteiger partial charge in [0.15, 0.2) is 0 Å². The van der Waals surface area contributed by atoms with E-state index < -0.39 is 0 Å². The molecule has 1 unspecified atom stereocenters. The van der Waals surface area contributed by atoms with E-state index in [0.717, 1.165) is 5.75 Å². The Hall–Kier alpha value is -1.21. The molecule has 0 amide bonds. The fourth-order valence-corrected chi connectivity index (χ4v) is 2.94. The molecule has 0 N–H and O–H groups in total. The molecule has 2 aromatic rings. The van der Waals surface area contributed by atoms with E-state index in [1.165, 1.54) is 11.1 Å². The molecular weight excluding hydrogens is 231 g/mol. The number of rotatable bonds is 3. The van der Waals surface area contributed by atoms with Gasteiger partial charge in [0.2, 0.25) is 0 Å². The zero-order chi connectivity index (χ0) is 11.5. The third-order valence-electron chi connectivity index (χ3n) is 2.85. The smallest absolute Gasteiger partial charge is 0.540 e. The maximum atomic E-state index is 5.82. The number of hydrogen-bond donors (Lipinski definition) is 0. The Morgan fingerprint density at radius 3 is 2.44 bits per heavy atom. The molecule has 2 aromatic carbocycles. The van der Waals surface area contributed by atoms with Crippen LogP contribution in [0.3, 0.4) is 0 Å². The molecule has 1 aliphatic rings. The molecule has 0 aliphatic heterocycles. The molecule has 82 valence electrons. The van der Waals surface area contributed by atoms with Crippen LogP contribution in [-0.2, 0) is 0 Å². The summed E-state index contributed by atoms with van der Waals surface area (Å²) in [6, 6.07) is 18.5. The summed E-state index contributed by atoms with van der Waals surface area (Å²) >= 11 is 0. The Labute approximate surface area is 122 Å². The van der Waals surface area contributed by atoms with Crippen molar-refractivity contribution in [3.8, 4) is 5.75 Å². The summed E-state index contributed by atoms with van der Waals surface area (Å²) in [6.07, 6.45) is 4.41. The van der Waals surface area contributed by atoms with E-state index in [1.807, 2.05) is 30.3 Å². The summed E-state index contributed by atoms with van der Waals surface area (Å²) < 4.78 is 5.82. The summed E-state index contributed by atoms with van der Waals surface area (Å²) in [6.45, 7) is 0. The van der Waals surface area contributed by atoms with Gasteiger partial charge in [-0.3, -0.25) is 0 Å². The third-order valence-corrected chi connectivity index (χ3v) is 3.96. The van der Waals surface area contributed by atoms with Crippen molar-refractivity contribution in [1.82, 2.24) is 0 Å². The van der Waals surface area contributed by atoms with Gasteiger partial charge < -0.3 is 4.43 Å². The van der Waals surface area contributed by atoms with E-state index in [2.05, 4.69) is 36.4 Å². The van der Waals surface area contributed by atoms with Crippen LogP contribution in [0.15, 0.2) is 60.7 Å². The van der Waals surface area contributed by atoms with Gasteiger partial charge in [-0.25, -0.2) is 0 Å². The predicted molar refractivity (Wildman–Crippen MR) is 71.0 cm³/mol. The average Bonchev–Trinajstić information content (AvgIpc) is 2.81. The van der Waals surface area contributed by atoms with E-state index in [4.69, 9.17) is 4.43 Å². The molecule has 0 saturated carbocycles. The van der Waals surface area contributed by atoms with Gasteiger partial charge in [-0.05, 0) is 23.3 Å². The second-order valence-electron chi connectivity index (χ2n) is 4.00. The average molecular weight is 243 g/mol. The van der Waals surface area contributed by atoms with Crippen LogP contribution in [0.4, 0.5) is 0 Å². The van der Waals surface area contributed by atoms with Crippen LogP contribution >= 0.6 is 0 Å². The summed E-state index contributed by atoms with van der Waals surface area (Å²) in [7, 11) is 0.444. The quantitative estimate of drug-likeness (QED) is 0.712. The van der Waals surface area contributed by atoms with E-state index in [0.29, 0.717) is 15.3 Å². The molecule has 0 spiro atoms. The zero-order valence-electron chi connectivity index (χ0n) is 10.3. The first-order chi connectivity index (χ1) is 8.43. The molecule has 0 heterocycles. The third kappa shape index (κ3) is 2.78. The first kappa shape index (κ1) is 13.2. The SMILES string of the molecule is C1=CC([Si]Oc2ccccc2)c2ccccc21.[Li+]. The molecule has 1 aliphatic carbocycles. The Kier molecular flexibility index (Phi) is 4.49. The van der Waals surface area contributed by atoms with Crippen LogP contribution in [0.25, 0.3) is 6.08 Å². The van der Waals surface area contributed by atoms with Gasteiger partial charge in [0.25, 0.3) is 0 Å². The van der Waals surface area contributed by atoms with Gasteiger partial charge in [0.05, 0.1) is 0 Å². The second-order valence-corrected chi connectivity index (χ2v) is 5.06. The standard InChI is InChI=1S/C15H12OSi.Li/c1-2-7-13(8-3-1)16-17-15-11-10-12-6-4-5-9-14(12)15;/h1-11,15H;/q;+1. The minimum atomic E-state index is 0. The van der Waals surface area contributed by atoms with Crippen LogP contribution in [0.5, 0.6) is 5.75 Å². The summed E-state index contributed by atoms with van der Waals surface area (Å²) in [5.74, 6) is 0.948. The maximum absolute atomic E-state index is 5.82. The molecule has 0 saturated heterocycles. The van der Waals surface area contributed by atoms with Crippen molar-refractivity contribution in [2.45, 2.75) is 5.54 Å². The van der Waals surface area contributed by atoms with Crippen LogP contribution in [0, 0.1) is 0 Å². The van der Waals surface area contributed by atoms with Crippen LogP contribution in [0.2, 0.25) is 0 Å². The Bertz CT molecular complexity index is 539. The topological polar surface area (TPSA) is 9.23 Å². The van der Waals surface area contributed by atoms with Gasteiger partial charge in [-0.2, -0.15) is 0 Å². The zero-order valence-corrected chi connectivity index (χ0v) is 11.3. The van der Waals surface area contributed by atoms with Crippen molar-refractivity contribution in [3.05, 3.63) is 71.8 Å². The van der Waals surface area contributed by atoms with Crippen molar-refractivity contribution >= 4 is 15.8 Å². The van der Waals surface area contributed by atoms with E-state index in [-0.39, 0.29) is 18.9 Å². The largest absolute Gasteiger partial charge is 1.00 e. The number of benzene rings is 2. The van der Waals surface area contributed by atoms with Crippen LogP contribution in [0.1, 0.15) is 16.7 Å². The van der Waals surface area contributed by atoms with E-state index >= 15 is 0 Å². The van der Waals surface area contributed by atoms with Gasteiger partial charge in [0.1, 0.15) is 5.75 Å². The van der Waals surface area contributed by atoms with Gasteiger partial charge in [-0.15, -0.1) is 0 Å². The molecule has 1 nitrogen and oxygen atoms in total. The Balaban J connectivity index is 0.00000120. The number of hydrogen-bond acceptors (Lipinski definition) is 1. The van der Waals surface area contributed by atoms with E-state index in [9.17, 15) is 0 Å². The summed E-state index contributed by atoms with van der Waals surface area (Å²) in [5, 5.41) is 0. The van der Waals surface area contributed by atoms with Crippen molar-refractivity contribution in [2.24, 2.45) is 0 Å². The molecule has 2 radical (unpaired) electrons. The fourth-order valence-electron chi connectivity index (χ4n) is 1.97. The van der Waals surface area contributed by atoms with Gasteiger partial charge in [0, 0.05) is 5.54 Å². The number of fused-ring (bicyclic) bond motifs is 1. The molecule has 0 fully saturated rings. The monoisotopic (exact) mass is 243 g/mol. The number of allylic oxidation sites excluding steroid dienone is 1. The normalized spacial score (nSPS) is 15.9. The second kappa shape index (κ2) is 6.11. The Morgan fingerprint density at radius 2 is 1.61 bits per heavy atom. The summed E-state index contributed by atoms with van der Waals surface area (Å²) in [4.78, 5) is 0. The van der Waals surface area contributed by atoms with Gasteiger partial charge >= 0.3 is 28.6 Å². The van der Waals surface area contributed by atoms with Crippen molar-refractivity contribution < 1.29 is 23.3 Å². The molecule has 0 bridgehead atoms. The molecular formula is C15H12LiOSi+. The van der Waals surface area contributed by atoms with Crippen molar-refractivity contribution in [2.75, 3.05) is 0 Å². The minimum absolute atomic E-state index is 0. The predicted octanol–water partition coefficient (Wildman–Crippen LogP) is 0.457. The molecule has 3 rings (SSSR count). The molecule has 1 atom stereocenters. The van der Waals surface area contributed by atoms with Gasteiger partial charge in [-0.1, -0.05) is 54.6 Å². The van der Waals surface area contributed by atoms with Crippen molar-refractivity contribution in [1.29, 1.82) is 0 Å². The summed E-state index contributed by atoms with van der Waals surface area (Å²) in [5.41, 5.74) is 3.11.